The highest BCUT2D eigenvalue weighted by molar-refractivity contribution is 8.15. The summed E-state index contributed by atoms with van der Waals surface area (Å²) < 4.78 is 0. The van der Waals surface area contributed by atoms with Gasteiger partial charge in [0.15, 0.2) is 11.4 Å². The van der Waals surface area contributed by atoms with Gasteiger partial charge in [0.2, 0.25) is 11.8 Å². The predicted molar refractivity (Wildman–Crippen MR) is 107 cm³/mol. The van der Waals surface area contributed by atoms with E-state index in [0.717, 1.165) is 22.9 Å². The first kappa shape index (κ1) is 18.7. The predicted octanol–water partition coefficient (Wildman–Crippen LogP) is 3.43. The fraction of sp³-hybridized carbons (Fsp3) is 0.200. The summed E-state index contributed by atoms with van der Waals surface area (Å²) in [5.41, 5.74) is 3.19. The highest BCUT2D eigenvalue weighted by Gasteiger charge is 2.41. The number of nitriles is 1. The number of amides is 2. The molecule has 7 heteroatoms. The van der Waals surface area contributed by atoms with Crippen LogP contribution in [0.3, 0.4) is 0 Å². The van der Waals surface area contributed by atoms with Crippen molar-refractivity contribution in [3.8, 4) is 6.19 Å². The Kier molecular flexibility index (Phi) is 5.57. The molecule has 1 heterocycles. The number of hydrogen-bond donors (Lipinski definition) is 1. The molecule has 0 unspecified atom stereocenters. The third kappa shape index (κ3) is 4.01. The molecule has 0 bridgehead atoms. The largest absolute Gasteiger partial charge is 0.274 e. The molecule has 0 saturated carbocycles. The number of hydrogen-bond acceptors (Lipinski definition) is 5. The standard InChI is InChI=1S/C20H18N4O2S/c1-13-7-6-10-16(14(13)2)24-18(25)11-17(19(24)26)27-20(22-12-21)23-15-8-4-3-5-9-15/h3-10,17H,11H2,1-2H3,(H,22,23)/t17-/m0/s1. The molecule has 1 atom stereocenters. The number of carbonyl (C=O) groups excluding carboxylic acids is 2. The number of aliphatic imine (C=N–C) groups is 1. The number of nitrogens with one attached hydrogen (secondary N) is 1. The summed E-state index contributed by atoms with van der Waals surface area (Å²) in [6, 6.07) is 14.7. The Balaban J connectivity index is 1.85. The number of anilines is 1. The monoisotopic (exact) mass is 378 g/mol. The van der Waals surface area contributed by atoms with Crippen LogP contribution in [0, 0.1) is 25.3 Å². The molecule has 3 rings (SSSR count). The van der Waals surface area contributed by atoms with Crippen LogP contribution >= 0.6 is 11.8 Å². The topological polar surface area (TPSA) is 85.6 Å². The number of nitrogens with zero attached hydrogens (tertiary/aromatic N) is 3. The van der Waals surface area contributed by atoms with Gasteiger partial charge in [0.05, 0.1) is 11.4 Å². The second kappa shape index (κ2) is 8.06. The van der Waals surface area contributed by atoms with Gasteiger partial charge in [-0.1, -0.05) is 42.1 Å². The molecule has 6 nitrogen and oxygen atoms in total. The molecule has 0 aromatic heterocycles. The van der Waals surface area contributed by atoms with Gasteiger partial charge in [-0.3, -0.25) is 14.9 Å². The zero-order valence-corrected chi connectivity index (χ0v) is 15.8. The van der Waals surface area contributed by atoms with E-state index in [2.05, 4.69) is 10.3 Å². The molecule has 0 aliphatic carbocycles. The molecule has 0 radical (unpaired) electrons. The summed E-state index contributed by atoms with van der Waals surface area (Å²) in [6.45, 7) is 3.84. The second-order valence-corrected chi connectivity index (χ2v) is 7.28. The Labute approximate surface area is 161 Å². The fourth-order valence-electron chi connectivity index (χ4n) is 2.81. The van der Waals surface area contributed by atoms with Crippen molar-refractivity contribution in [2.45, 2.75) is 25.5 Å². The first-order valence-corrected chi connectivity index (χ1v) is 9.27. The highest BCUT2D eigenvalue weighted by Crippen LogP contribution is 2.33. The van der Waals surface area contributed by atoms with Crippen molar-refractivity contribution < 1.29 is 9.59 Å². The van der Waals surface area contributed by atoms with Crippen LogP contribution in [0.1, 0.15) is 17.5 Å². The smallest absolute Gasteiger partial charge is 0.247 e. The number of benzene rings is 2. The van der Waals surface area contributed by atoms with Crippen molar-refractivity contribution in [1.29, 1.82) is 5.26 Å². The van der Waals surface area contributed by atoms with Crippen molar-refractivity contribution >= 4 is 40.1 Å². The van der Waals surface area contributed by atoms with Gasteiger partial charge in [-0.2, -0.15) is 5.26 Å². The molecule has 136 valence electrons. The van der Waals surface area contributed by atoms with Crippen LogP contribution in [0.15, 0.2) is 53.5 Å². The van der Waals surface area contributed by atoms with Crippen LogP contribution in [0.5, 0.6) is 0 Å². The maximum atomic E-state index is 12.9. The lowest BCUT2D eigenvalue weighted by Crippen LogP contribution is -2.32. The third-order valence-corrected chi connectivity index (χ3v) is 5.40. The van der Waals surface area contributed by atoms with E-state index in [1.807, 2.05) is 50.4 Å². The van der Waals surface area contributed by atoms with E-state index in [1.165, 1.54) is 4.90 Å². The molecule has 1 saturated heterocycles. The lowest BCUT2D eigenvalue weighted by atomic mass is 10.1. The van der Waals surface area contributed by atoms with E-state index >= 15 is 0 Å². The fourth-order valence-corrected chi connectivity index (χ4v) is 3.78. The first-order chi connectivity index (χ1) is 13.0. The van der Waals surface area contributed by atoms with Gasteiger partial charge in [-0.25, -0.2) is 9.89 Å². The molecule has 2 aromatic carbocycles. The minimum atomic E-state index is -0.624. The Bertz CT molecular complexity index is 950. The molecule has 1 aliphatic heterocycles. The SMILES string of the molecule is Cc1cccc(N2C(=O)C[C@H](SC(=Nc3ccccc3)NC#N)C2=O)c1C. The Hall–Kier alpha value is -3.11. The molecule has 2 amide bonds. The van der Waals surface area contributed by atoms with Crippen LogP contribution in [0.2, 0.25) is 0 Å². The average molecular weight is 378 g/mol. The van der Waals surface area contributed by atoms with E-state index in [1.54, 1.807) is 18.2 Å². The van der Waals surface area contributed by atoms with E-state index in [9.17, 15) is 9.59 Å². The number of amidine groups is 1. The third-order valence-electron chi connectivity index (χ3n) is 4.33. The number of imide groups is 1. The summed E-state index contributed by atoms with van der Waals surface area (Å²) in [4.78, 5) is 31.0. The van der Waals surface area contributed by atoms with E-state index in [4.69, 9.17) is 5.26 Å². The van der Waals surface area contributed by atoms with E-state index < -0.39 is 5.25 Å². The van der Waals surface area contributed by atoms with Crippen molar-refractivity contribution in [2.24, 2.45) is 4.99 Å². The zero-order chi connectivity index (χ0) is 19.4. The summed E-state index contributed by atoms with van der Waals surface area (Å²) >= 11 is 1.10. The van der Waals surface area contributed by atoms with Gasteiger partial charge in [-0.05, 0) is 43.2 Å². The summed E-state index contributed by atoms with van der Waals surface area (Å²) in [6.07, 6.45) is 1.90. The van der Waals surface area contributed by atoms with Gasteiger partial charge < -0.3 is 0 Å². The van der Waals surface area contributed by atoms with Gasteiger partial charge in [0.1, 0.15) is 5.25 Å². The summed E-state index contributed by atoms with van der Waals surface area (Å²) in [7, 11) is 0. The average Bonchev–Trinajstić information content (AvgIpc) is 2.92. The summed E-state index contributed by atoms with van der Waals surface area (Å²) in [5, 5.41) is 11.2. The molecule has 1 aliphatic rings. The summed E-state index contributed by atoms with van der Waals surface area (Å²) in [5.74, 6) is -0.540. The number of para-hydroxylation sites is 1. The van der Waals surface area contributed by atoms with Gasteiger partial charge in [-0.15, -0.1) is 0 Å². The van der Waals surface area contributed by atoms with Crippen molar-refractivity contribution in [1.82, 2.24) is 5.32 Å². The van der Waals surface area contributed by atoms with Gasteiger partial charge in [0.25, 0.3) is 0 Å². The maximum absolute atomic E-state index is 12.9. The minimum absolute atomic E-state index is 0.0673. The maximum Gasteiger partial charge on any atom is 0.247 e. The normalized spacial score (nSPS) is 17.1. The quantitative estimate of drug-likeness (QED) is 0.291. The van der Waals surface area contributed by atoms with Crippen molar-refractivity contribution in [3.63, 3.8) is 0 Å². The van der Waals surface area contributed by atoms with Gasteiger partial charge in [0, 0.05) is 6.42 Å². The Morgan fingerprint density at radius 2 is 1.93 bits per heavy atom. The second-order valence-electron chi connectivity index (χ2n) is 6.09. The lowest BCUT2D eigenvalue weighted by molar-refractivity contribution is -0.121. The molecule has 1 N–H and O–H groups in total. The molecular weight excluding hydrogens is 360 g/mol. The molecular formula is C20H18N4O2S. The molecule has 0 spiro atoms. The number of aryl methyl sites for hydroxylation is 1. The van der Waals surface area contributed by atoms with Crippen molar-refractivity contribution in [3.05, 3.63) is 59.7 Å². The first-order valence-electron chi connectivity index (χ1n) is 8.39. The van der Waals surface area contributed by atoms with Gasteiger partial charge >= 0.3 is 0 Å². The molecule has 27 heavy (non-hydrogen) atoms. The molecule has 1 fully saturated rings. The van der Waals surface area contributed by atoms with Crippen LogP contribution in [0.25, 0.3) is 0 Å². The van der Waals surface area contributed by atoms with Crippen LogP contribution < -0.4 is 10.2 Å². The minimum Gasteiger partial charge on any atom is -0.274 e. The lowest BCUT2D eigenvalue weighted by Gasteiger charge is -2.18. The van der Waals surface area contributed by atoms with Crippen LogP contribution in [0.4, 0.5) is 11.4 Å². The number of rotatable bonds is 3. The zero-order valence-electron chi connectivity index (χ0n) is 15.0. The van der Waals surface area contributed by atoms with E-state index in [0.29, 0.717) is 11.4 Å². The molecule has 2 aromatic rings. The number of carbonyl (C=O) groups is 2. The van der Waals surface area contributed by atoms with Crippen molar-refractivity contribution in [2.75, 3.05) is 4.90 Å². The Morgan fingerprint density at radius 1 is 1.19 bits per heavy atom. The number of thioether (sulfide) groups is 1. The van der Waals surface area contributed by atoms with Crippen LogP contribution in [-0.4, -0.2) is 22.2 Å². The highest BCUT2D eigenvalue weighted by atomic mass is 32.2. The van der Waals surface area contributed by atoms with Crippen LogP contribution in [-0.2, 0) is 9.59 Å². The van der Waals surface area contributed by atoms with E-state index in [-0.39, 0.29) is 23.4 Å². The Morgan fingerprint density at radius 3 is 2.63 bits per heavy atom.